The van der Waals surface area contributed by atoms with Gasteiger partial charge >= 0.3 is 0 Å². The molecule has 0 aliphatic heterocycles. The van der Waals surface area contributed by atoms with Crippen molar-refractivity contribution in [1.82, 2.24) is 0 Å². The molecule has 1 atom stereocenters. The summed E-state index contributed by atoms with van der Waals surface area (Å²) < 4.78 is 24.0. The van der Waals surface area contributed by atoms with Crippen LogP contribution in [0.4, 0.5) is 11.4 Å². The lowest BCUT2D eigenvalue weighted by atomic mass is 10.1. The molecule has 22 heavy (non-hydrogen) atoms. The molecule has 0 unspecified atom stereocenters. The fourth-order valence-corrected chi connectivity index (χ4v) is 3.15. The third-order valence-corrected chi connectivity index (χ3v) is 4.04. The highest BCUT2D eigenvalue weighted by Gasteiger charge is 2.20. The van der Waals surface area contributed by atoms with E-state index in [1.54, 1.807) is 13.0 Å². The van der Waals surface area contributed by atoms with Gasteiger partial charge in [0.25, 0.3) is 5.69 Å². The number of halogens is 3. The summed E-state index contributed by atoms with van der Waals surface area (Å²) in [5.74, 6) is 0. The number of nitrogens with zero attached hydrogens (tertiary/aromatic N) is 1. The van der Waals surface area contributed by atoms with Crippen LogP contribution < -0.4 is 5.32 Å². The number of aryl methyl sites for hydroxylation is 1. The van der Waals surface area contributed by atoms with E-state index in [9.17, 15) is 10.1 Å². The van der Waals surface area contributed by atoms with Gasteiger partial charge in [-0.2, -0.15) is 0 Å². The molecule has 1 N–H and O–H groups in total. The highest BCUT2D eigenvalue weighted by atomic mass is 79.9. The van der Waals surface area contributed by atoms with Gasteiger partial charge in [-0.15, -0.1) is 0 Å². The van der Waals surface area contributed by atoms with Crippen molar-refractivity contribution < 1.29 is 9.04 Å². The lowest BCUT2D eigenvalue weighted by Gasteiger charge is -2.18. The normalized spacial score (nSPS) is 14.6. The monoisotopic (exact) mass is 405 g/mol. The lowest BCUT2D eigenvalue weighted by molar-refractivity contribution is -0.384. The average Bonchev–Trinajstić information content (AvgIpc) is 2.43. The number of nitro benzene ring substituents is 1. The second-order valence-electron chi connectivity index (χ2n) is 4.62. The SMILES string of the molecule is [2H]C([2H])([2H])[C@@H](Nc1cc(Br)cc(C)c1[N+](=O)[O-])c1ccc(Cl)cc1Cl. The van der Waals surface area contributed by atoms with Crippen molar-refractivity contribution in [2.45, 2.75) is 19.8 Å². The van der Waals surface area contributed by atoms with E-state index in [-0.39, 0.29) is 22.0 Å². The van der Waals surface area contributed by atoms with Crippen molar-refractivity contribution in [2.24, 2.45) is 0 Å². The number of nitro groups is 1. The quantitative estimate of drug-likeness (QED) is 0.489. The third-order valence-electron chi connectivity index (χ3n) is 3.02. The van der Waals surface area contributed by atoms with Crippen LogP contribution in [0.1, 0.15) is 28.1 Å². The van der Waals surface area contributed by atoms with Gasteiger partial charge in [0.05, 0.1) is 11.0 Å². The first kappa shape index (κ1) is 13.2. The highest BCUT2D eigenvalue weighted by Crippen LogP contribution is 2.35. The topological polar surface area (TPSA) is 55.2 Å². The fourth-order valence-electron chi connectivity index (χ4n) is 2.06. The van der Waals surface area contributed by atoms with Gasteiger partial charge in [0.2, 0.25) is 0 Å². The number of rotatable bonds is 4. The maximum absolute atomic E-state index is 11.4. The minimum absolute atomic E-state index is 0.0871. The van der Waals surface area contributed by atoms with E-state index in [1.807, 2.05) is 0 Å². The number of benzene rings is 2. The second-order valence-corrected chi connectivity index (χ2v) is 6.38. The molecule has 0 aromatic heterocycles. The van der Waals surface area contributed by atoms with Crippen molar-refractivity contribution in [3.63, 3.8) is 0 Å². The molecule has 0 fully saturated rings. The number of hydrogen-bond donors (Lipinski definition) is 1. The summed E-state index contributed by atoms with van der Waals surface area (Å²) in [5.41, 5.74) is 0.568. The summed E-state index contributed by atoms with van der Waals surface area (Å²) >= 11 is 15.3. The summed E-state index contributed by atoms with van der Waals surface area (Å²) in [5, 5.41) is 14.7. The Morgan fingerprint density at radius 2 is 2.09 bits per heavy atom. The first-order valence-corrected chi connectivity index (χ1v) is 7.71. The van der Waals surface area contributed by atoms with Crippen LogP contribution in [0.5, 0.6) is 0 Å². The van der Waals surface area contributed by atoms with Crippen molar-refractivity contribution in [3.05, 3.63) is 66.1 Å². The largest absolute Gasteiger partial charge is 0.373 e. The molecule has 0 aliphatic rings. The molecule has 2 aromatic carbocycles. The van der Waals surface area contributed by atoms with Crippen LogP contribution in [0, 0.1) is 17.0 Å². The molecule has 0 saturated heterocycles. The second kappa shape index (κ2) is 6.86. The molecule has 4 nitrogen and oxygen atoms in total. The zero-order valence-corrected chi connectivity index (χ0v) is 14.5. The van der Waals surface area contributed by atoms with Crippen molar-refractivity contribution >= 4 is 50.5 Å². The van der Waals surface area contributed by atoms with E-state index in [0.717, 1.165) is 0 Å². The molecule has 0 amide bonds. The predicted molar refractivity (Wildman–Crippen MR) is 94.0 cm³/mol. The van der Waals surface area contributed by atoms with E-state index in [1.165, 1.54) is 24.3 Å². The molecule has 0 spiro atoms. The Balaban J connectivity index is 2.58. The molecule has 0 saturated carbocycles. The van der Waals surface area contributed by atoms with E-state index >= 15 is 0 Å². The minimum atomic E-state index is -2.50. The van der Waals surface area contributed by atoms with Crippen LogP contribution >= 0.6 is 39.1 Å². The van der Waals surface area contributed by atoms with Gasteiger partial charge in [-0.3, -0.25) is 10.1 Å². The highest BCUT2D eigenvalue weighted by molar-refractivity contribution is 9.10. The summed E-state index contributed by atoms with van der Waals surface area (Å²) in [6.45, 7) is -0.921. The van der Waals surface area contributed by atoms with Gasteiger partial charge in [-0.1, -0.05) is 45.2 Å². The maximum Gasteiger partial charge on any atom is 0.295 e. The van der Waals surface area contributed by atoms with Gasteiger partial charge in [0.15, 0.2) is 0 Å². The molecule has 2 aromatic rings. The molecule has 0 heterocycles. The molecule has 2 rings (SSSR count). The molecule has 116 valence electrons. The zero-order valence-electron chi connectivity index (χ0n) is 14.4. The van der Waals surface area contributed by atoms with Crippen molar-refractivity contribution in [1.29, 1.82) is 0 Å². The molecule has 7 heteroatoms. The number of hydrogen-bond acceptors (Lipinski definition) is 3. The van der Waals surface area contributed by atoms with Crippen LogP contribution in [0.25, 0.3) is 0 Å². The van der Waals surface area contributed by atoms with Gasteiger partial charge < -0.3 is 5.32 Å². The van der Waals surface area contributed by atoms with E-state index < -0.39 is 17.8 Å². The molecular formula is C15H13BrCl2N2O2. The smallest absolute Gasteiger partial charge is 0.295 e. The van der Waals surface area contributed by atoms with Crippen LogP contribution in [0.3, 0.4) is 0 Å². The van der Waals surface area contributed by atoms with Crippen molar-refractivity contribution in [2.75, 3.05) is 5.32 Å². The van der Waals surface area contributed by atoms with Gasteiger partial charge in [-0.25, -0.2) is 0 Å². The Morgan fingerprint density at radius 3 is 2.68 bits per heavy atom. The van der Waals surface area contributed by atoms with E-state index in [2.05, 4.69) is 21.2 Å². The number of nitrogens with one attached hydrogen (secondary N) is 1. The van der Waals surface area contributed by atoms with Crippen LogP contribution in [-0.2, 0) is 0 Å². The van der Waals surface area contributed by atoms with Gasteiger partial charge in [0.1, 0.15) is 5.69 Å². The molecular weight excluding hydrogens is 391 g/mol. The Labute approximate surface area is 150 Å². The average molecular weight is 407 g/mol. The summed E-state index contributed by atoms with van der Waals surface area (Å²) in [6.07, 6.45) is 0. The lowest BCUT2D eigenvalue weighted by Crippen LogP contribution is -2.09. The standard InChI is InChI=1S/C15H13BrCl2N2O2/c1-8-5-10(16)6-14(15(8)20(21)22)19-9(2)12-4-3-11(17)7-13(12)18/h3-7,9,19H,1-2H3/t9-/m1/s1/i2D3. The fraction of sp³-hybridized carbons (Fsp3) is 0.200. The summed E-state index contributed by atoms with van der Waals surface area (Å²) in [4.78, 5) is 10.8. The molecule has 0 aliphatic carbocycles. The number of anilines is 1. The van der Waals surface area contributed by atoms with E-state index in [0.29, 0.717) is 15.1 Å². The Hall–Kier alpha value is -1.30. The van der Waals surface area contributed by atoms with Crippen LogP contribution in [0.15, 0.2) is 34.8 Å². The first-order chi connectivity index (χ1) is 11.5. The predicted octanol–water partition coefficient (Wildman–Crippen LogP) is 6.15. The van der Waals surface area contributed by atoms with Crippen LogP contribution in [-0.4, -0.2) is 4.92 Å². The summed E-state index contributed by atoms with van der Waals surface area (Å²) in [7, 11) is 0. The summed E-state index contributed by atoms with van der Waals surface area (Å²) in [6, 6.07) is 6.25. The van der Waals surface area contributed by atoms with Gasteiger partial charge in [-0.05, 0) is 43.6 Å². The van der Waals surface area contributed by atoms with Crippen LogP contribution in [0.2, 0.25) is 10.0 Å². The Morgan fingerprint density at radius 1 is 1.36 bits per heavy atom. The maximum atomic E-state index is 11.4. The third kappa shape index (κ3) is 3.72. The van der Waals surface area contributed by atoms with Gasteiger partial charge in [0, 0.05) is 24.2 Å². The molecule has 0 bridgehead atoms. The molecule has 0 radical (unpaired) electrons. The minimum Gasteiger partial charge on any atom is -0.373 e. The zero-order chi connectivity index (χ0) is 18.9. The Kier molecular flexibility index (Phi) is 4.10. The van der Waals surface area contributed by atoms with E-state index in [4.69, 9.17) is 27.3 Å². The first-order valence-electron chi connectivity index (χ1n) is 7.66. The van der Waals surface area contributed by atoms with Crippen molar-refractivity contribution in [3.8, 4) is 0 Å². The Bertz CT molecular complexity index is 831.